The Labute approximate surface area is 137 Å². The van der Waals surface area contributed by atoms with Crippen LogP contribution in [0.4, 0.5) is 0 Å². The van der Waals surface area contributed by atoms with Crippen LogP contribution in [-0.4, -0.2) is 47.4 Å². The quantitative estimate of drug-likeness (QED) is 0.740. The molecule has 0 fully saturated rings. The van der Waals surface area contributed by atoms with Crippen molar-refractivity contribution >= 4 is 16.9 Å². The normalized spacial score (nSPS) is 10.6. The van der Waals surface area contributed by atoms with E-state index in [0.717, 1.165) is 5.56 Å². The third kappa shape index (κ3) is 2.58. The van der Waals surface area contributed by atoms with Gasteiger partial charge in [-0.15, -0.1) is 0 Å². The van der Waals surface area contributed by atoms with Crippen LogP contribution >= 0.6 is 0 Å². The first-order chi connectivity index (χ1) is 11.6. The second-order valence-electron chi connectivity index (χ2n) is 4.91. The number of nitrogens with one attached hydrogen (secondary N) is 1. The molecule has 0 spiro atoms. The Morgan fingerprint density at radius 2 is 1.92 bits per heavy atom. The van der Waals surface area contributed by atoms with Crippen LogP contribution in [0, 0.1) is 0 Å². The highest BCUT2D eigenvalue weighted by molar-refractivity contribution is 5.98. The predicted molar refractivity (Wildman–Crippen MR) is 85.9 cm³/mol. The Balaban J connectivity index is 2.21. The van der Waals surface area contributed by atoms with Gasteiger partial charge in [-0.05, 0) is 23.8 Å². The first-order valence-electron chi connectivity index (χ1n) is 6.96. The molecule has 2 heterocycles. The van der Waals surface area contributed by atoms with Crippen molar-refractivity contribution < 1.29 is 24.1 Å². The fourth-order valence-corrected chi connectivity index (χ4v) is 2.45. The van der Waals surface area contributed by atoms with Gasteiger partial charge < -0.3 is 24.3 Å². The number of aromatic amines is 1. The standard InChI is InChI=1S/C16H15N3O5/c1-22-13-5-8(4-11-9(13)6-12(18-11)15(20)21)10-7-17-16(24-3)19-14(10)23-2/h4-7,18H,1-3H3,(H,20,21). The molecule has 0 amide bonds. The number of rotatable bonds is 5. The largest absolute Gasteiger partial charge is 0.496 e. The summed E-state index contributed by atoms with van der Waals surface area (Å²) in [5, 5.41) is 9.82. The number of aromatic nitrogens is 3. The van der Waals surface area contributed by atoms with Crippen molar-refractivity contribution in [3.63, 3.8) is 0 Å². The molecule has 124 valence electrons. The Morgan fingerprint density at radius 3 is 2.54 bits per heavy atom. The third-order valence-corrected chi connectivity index (χ3v) is 3.57. The van der Waals surface area contributed by atoms with E-state index in [2.05, 4.69) is 15.0 Å². The minimum Gasteiger partial charge on any atom is -0.496 e. The molecule has 0 aliphatic carbocycles. The first-order valence-corrected chi connectivity index (χ1v) is 6.96. The van der Waals surface area contributed by atoms with Gasteiger partial charge in [0, 0.05) is 11.6 Å². The lowest BCUT2D eigenvalue weighted by Crippen LogP contribution is -1.98. The molecule has 24 heavy (non-hydrogen) atoms. The van der Waals surface area contributed by atoms with Crippen LogP contribution in [0.5, 0.6) is 17.6 Å². The lowest BCUT2D eigenvalue weighted by Gasteiger charge is -2.10. The van der Waals surface area contributed by atoms with E-state index in [-0.39, 0.29) is 11.7 Å². The molecule has 8 heteroatoms. The highest BCUT2D eigenvalue weighted by Crippen LogP contribution is 2.36. The number of benzene rings is 1. The van der Waals surface area contributed by atoms with E-state index >= 15 is 0 Å². The Kier molecular flexibility index (Phi) is 3.95. The topological polar surface area (TPSA) is 107 Å². The zero-order valence-electron chi connectivity index (χ0n) is 13.3. The number of aromatic carboxylic acids is 1. The number of nitrogens with zero attached hydrogens (tertiary/aromatic N) is 2. The van der Waals surface area contributed by atoms with Crippen LogP contribution < -0.4 is 14.2 Å². The lowest BCUT2D eigenvalue weighted by atomic mass is 10.1. The SMILES string of the molecule is COc1ncc(-c2cc(OC)c3cc(C(=O)O)[nH]c3c2)c(OC)n1. The monoisotopic (exact) mass is 329 g/mol. The average Bonchev–Trinajstić information content (AvgIpc) is 3.04. The van der Waals surface area contributed by atoms with Gasteiger partial charge in [0.25, 0.3) is 0 Å². The summed E-state index contributed by atoms with van der Waals surface area (Å²) >= 11 is 0. The maximum absolute atomic E-state index is 11.2. The zero-order chi connectivity index (χ0) is 17.3. The Hall–Kier alpha value is -3.29. The number of H-pyrrole nitrogens is 1. The summed E-state index contributed by atoms with van der Waals surface area (Å²) in [5.74, 6) is -0.169. The summed E-state index contributed by atoms with van der Waals surface area (Å²) in [4.78, 5) is 22.3. The minimum absolute atomic E-state index is 0.0818. The molecule has 8 nitrogen and oxygen atoms in total. The van der Waals surface area contributed by atoms with Gasteiger partial charge in [-0.25, -0.2) is 9.78 Å². The van der Waals surface area contributed by atoms with Gasteiger partial charge in [-0.3, -0.25) is 0 Å². The molecule has 0 saturated carbocycles. The van der Waals surface area contributed by atoms with Gasteiger partial charge in [0.2, 0.25) is 5.88 Å². The van der Waals surface area contributed by atoms with Crippen LogP contribution in [-0.2, 0) is 0 Å². The molecule has 2 N–H and O–H groups in total. The van der Waals surface area contributed by atoms with Crippen molar-refractivity contribution in [1.82, 2.24) is 15.0 Å². The molecule has 0 bridgehead atoms. The maximum Gasteiger partial charge on any atom is 0.352 e. The molecular formula is C16H15N3O5. The molecule has 2 aromatic heterocycles. The first kappa shape index (κ1) is 15.6. The summed E-state index contributed by atoms with van der Waals surface area (Å²) in [7, 11) is 4.49. The number of carbonyl (C=O) groups is 1. The van der Waals surface area contributed by atoms with Crippen molar-refractivity contribution in [3.05, 3.63) is 30.1 Å². The minimum atomic E-state index is -1.04. The van der Waals surface area contributed by atoms with Crippen molar-refractivity contribution in [2.24, 2.45) is 0 Å². The van der Waals surface area contributed by atoms with Gasteiger partial charge in [0.1, 0.15) is 11.4 Å². The van der Waals surface area contributed by atoms with Gasteiger partial charge in [0.15, 0.2) is 0 Å². The smallest absolute Gasteiger partial charge is 0.352 e. The van der Waals surface area contributed by atoms with Gasteiger partial charge in [-0.1, -0.05) is 0 Å². The fraction of sp³-hybridized carbons (Fsp3) is 0.188. The van der Waals surface area contributed by atoms with Crippen LogP contribution in [0.3, 0.4) is 0 Å². The van der Waals surface area contributed by atoms with Crippen LogP contribution in [0.25, 0.3) is 22.0 Å². The summed E-state index contributed by atoms with van der Waals surface area (Å²) in [6.07, 6.45) is 1.58. The van der Waals surface area contributed by atoms with Crippen LogP contribution in [0.1, 0.15) is 10.5 Å². The summed E-state index contributed by atoms with van der Waals surface area (Å²) in [5.41, 5.74) is 2.06. The average molecular weight is 329 g/mol. The number of carboxylic acids is 1. The molecule has 3 aromatic rings. The third-order valence-electron chi connectivity index (χ3n) is 3.57. The molecular weight excluding hydrogens is 314 g/mol. The number of hydrogen-bond acceptors (Lipinski definition) is 6. The van der Waals surface area contributed by atoms with E-state index in [0.29, 0.717) is 28.1 Å². The van der Waals surface area contributed by atoms with E-state index in [9.17, 15) is 4.79 Å². The van der Waals surface area contributed by atoms with E-state index in [1.54, 1.807) is 18.3 Å². The molecule has 3 rings (SSSR count). The number of hydrogen-bond donors (Lipinski definition) is 2. The maximum atomic E-state index is 11.2. The van der Waals surface area contributed by atoms with E-state index in [1.165, 1.54) is 27.4 Å². The van der Waals surface area contributed by atoms with Crippen LogP contribution in [0.15, 0.2) is 24.4 Å². The van der Waals surface area contributed by atoms with Crippen molar-refractivity contribution in [2.75, 3.05) is 21.3 Å². The lowest BCUT2D eigenvalue weighted by molar-refractivity contribution is 0.0691. The molecule has 0 aliphatic rings. The van der Waals surface area contributed by atoms with Crippen molar-refractivity contribution in [2.45, 2.75) is 0 Å². The number of fused-ring (bicyclic) bond motifs is 1. The highest BCUT2D eigenvalue weighted by atomic mass is 16.5. The highest BCUT2D eigenvalue weighted by Gasteiger charge is 2.16. The zero-order valence-corrected chi connectivity index (χ0v) is 13.3. The van der Waals surface area contributed by atoms with E-state index < -0.39 is 5.97 Å². The Morgan fingerprint density at radius 1 is 1.12 bits per heavy atom. The van der Waals surface area contributed by atoms with Gasteiger partial charge in [-0.2, -0.15) is 4.98 Å². The molecule has 0 atom stereocenters. The summed E-state index contributed by atoms with van der Waals surface area (Å²) in [6, 6.07) is 5.28. The van der Waals surface area contributed by atoms with Crippen LogP contribution in [0.2, 0.25) is 0 Å². The molecule has 0 aliphatic heterocycles. The molecule has 0 radical (unpaired) electrons. The fourth-order valence-electron chi connectivity index (χ4n) is 2.45. The molecule has 0 saturated heterocycles. The van der Waals surface area contributed by atoms with E-state index in [1.807, 2.05) is 0 Å². The predicted octanol–water partition coefficient (Wildman–Crippen LogP) is 2.35. The second-order valence-corrected chi connectivity index (χ2v) is 4.91. The number of carboxylic acid groups (broad SMARTS) is 1. The number of methoxy groups -OCH3 is 3. The Bertz CT molecular complexity index is 919. The van der Waals surface area contributed by atoms with E-state index in [4.69, 9.17) is 19.3 Å². The summed E-state index contributed by atoms with van der Waals surface area (Å²) in [6.45, 7) is 0. The number of ether oxygens (including phenoxy) is 3. The van der Waals surface area contributed by atoms with Crippen molar-refractivity contribution in [1.29, 1.82) is 0 Å². The van der Waals surface area contributed by atoms with Gasteiger partial charge >= 0.3 is 12.0 Å². The van der Waals surface area contributed by atoms with Gasteiger partial charge in [0.05, 0.1) is 32.4 Å². The second kappa shape index (κ2) is 6.07. The molecule has 1 aromatic carbocycles. The molecule has 0 unspecified atom stereocenters. The van der Waals surface area contributed by atoms with Crippen molar-refractivity contribution in [3.8, 4) is 28.8 Å². The summed E-state index contributed by atoms with van der Waals surface area (Å²) < 4.78 is 15.7.